The zero-order valence-corrected chi connectivity index (χ0v) is 17.3. The van der Waals surface area contributed by atoms with Crippen LogP contribution in [-0.4, -0.2) is 44.9 Å². The second-order valence-corrected chi connectivity index (χ2v) is 6.52. The van der Waals surface area contributed by atoms with E-state index in [1.54, 1.807) is 32.4 Å². The molecular formula is C21H28ClN3O3. The number of aliphatic imine (C=N–C) groups is 1. The van der Waals surface area contributed by atoms with Crippen LogP contribution in [-0.2, 0) is 6.42 Å². The van der Waals surface area contributed by atoms with Gasteiger partial charge in [-0.25, -0.2) is 0 Å². The van der Waals surface area contributed by atoms with E-state index in [9.17, 15) is 5.11 Å². The van der Waals surface area contributed by atoms with Crippen molar-refractivity contribution in [3.8, 4) is 11.5 Å². The lowest BCUT2D eigenvalue weighted by Gasteiger charge is -2.16. The quantitative estimate of drug-likeness (QED) is 0.441. The molecule has 6 nitrogen and oxygen atoms in total. The number of guanidine groups is 1. The highest BCUT2D eigenvalue weighted by Crippen LogP contribution is 2.29. The fourth-order valence-corrected chi connectivity index (χ4v) is 2.96. The van der Waals surface area contributed by atoms with Gasteiger partial charge in [0.2, 0.25) is 0 Å². The number of halogens is 1. The third-order valence-electron chi connectivity index (χ3n) is 4.21. The third-order valence-corrected chi connectivity index (χ3v) is 4.58. The van der Waals surface area contributed by atoms with E-state index in [2.05, 4.69) is 15.6 Å². The fourth-order valence-electron chi connectivity index (χ4n) is 2.73. The number of aliphatic hydroxyl groups is 1. The van der Waals surface area contributed by atoms with Crippen molar-refractivity contribution >= 4 is 17.6 Å². The molecule has 0 aliphatic heterocycles. The number of hydrogen-bond donors (Lipinski definition) is 3. The molecule has 0 saturated heterocycles. The topological polar surface area (TPSA) is 75.1 Å². The first kappa shape index (κ1) is 21.9. The number of hydrogen-bond acceptors (Lipinski definition) is 4. The Morgan fingerprint density at radius 2 is 1.93 bits per heavy atom. The highest BCUT2D eigenvalue weighted by molar-refractivity contribution is 6.31. The average molecular weight is 406 g/mol. The lowest BCUT2D eigenvalue weighted by Crippen LogP contribution is -2.38. The molecule has 2 rings (SSSR count). The van der Waals surface area contributed by atoms with Gasteiger partial charge in [-0.2, -0.15) is 0 Å². The van der Waals surface area contributed by atoms with E-state index in [0.717, 1.165) is 23.6 Å². The maximum atomic E-state index is 10.6. The summed E-state index contributed by atoms with van der Waals surface area (Å²) in [4.78, 5) is 4.49. The van der Waals surface area contributed by atoms with Gasteiger partial charge < -0.3 is 25.2 Å². The Hall–Kier alpha value is -2.44. The monoisotopic (exact) mass is 405 g/mol. The molecule has 0 aliphatic carbocycles. The second-order valence-electron chi connectivity index (χ2n) is 6.11. The maximum Gasteiger partial charge on any atom is 0.191 e. The Morgan fingerprint density at radius 3 is 2.61 bits per heavy atom. The molecule has 2 aromatic rings. The predicted molar refractivity (Wildman–Crippen MR) is 114 cm³/mol. The zero-order chi connectivity index (χ0) is 20.4. The number of ether oxygens (including phenoxy) is 2. The molecule has 1 atom stereocenters. The van der Waals surface area contributed by atoms with Gasteiger partial charge in [0, 0.05) is 23.7 Å². The van der Waals surface area contributed by atoms with Crippen LogP contribution in [0.3, 0.4) is 0 Å². The van der Waals surface area contributed by atoms with Gasteiger partial charge in [0.25, 0.3) is 0 Å². The van der Waals surface area contributed by atoms with E-state index in [1.165, 1.54) is 0 Å². The van der Waals surface area contributed by atoms with E-state index in [0.29, 0.717) is 29.6 Å². The molecule has 0 aromatic heterocycles. The molecule has 0 bridgehead atoms. The largest absolute Gasteiger partial charge is 0.497 e. The summed E-state index contributed by atoms with van der Waals surface area (Å²) in [7, 11) is 3.16. The molecular weight excluding hydrogens is 378 g/mol. The first-order valence-electron chi connectivity index (χ1n) is 9.24. The molecule has 0 aliphatic rings. The minimum Gasteiger partial charge on any atom is -0.497 e. The number of nitrogens with one attached hydrogen (secondary N) is 2. The first-order valence-corrected chi connectivity index (χ1v) is 9.62. The number of aliphatic hydroxyl groups excluding tert-OH is 1. The SMILES string of the molecule is CCNC(=NCC(O)c1cc(OC)ccc1OC)NCCc1ccccc1Cl. The lowest BCUT2D eigenvalue weighted by molar-refractivity contribution is 0.182. The first-order chi connectivity index (χ1) is 13.6. The van der Waals surface area contributed by atoms with E-state index in [1.807, 2.05) is 31.2 Å². The van der Waals surface area contributed by atoms with Crippen LogP contribution in [0.4, 0.5) is 0 Å². The third kappa shape index (κ3) is 6.32. The molecule has 0 heterocycles. The second kappa shape index (κ2) is 11.4. The van der Waals surface area contributed by atoms with Crippen molar-refractivity contribution in [2.24, 2.45) is 4.99 Å². The van der Waals surface area contributed by atoms with Crippen molar-refractivity contribution in [3.63, 3.8) is 0 Å². The van der Waals surface area contributed by atoms with Crippen molar-refractivity contribution in [2.75, 3.05) is 33.9 Å². The van der Waals surface area contributed by atoms with Gasteiger partial charge in [-0.1, -0.05) is 29.8 Å². The fraction of sp³-hybridized carbons (Fsp3) is 0.381. The van der Waals surface area contributed by atoms with E-state index < -0.39 is 6.10 Å². The summed E-state index contributed by atoms with van der Waals surface area (Å²) in [5.74, 6) is 1.89. The van der Waals surface area contributed by atoms with Crippen molar-refractivity contribution < 1.29 is 14.6 Å². The highest BCUT2D eigenvalue weighted by Gasteiger charge is 2.14. The van der Waals surface area contributed by atoms with Gasteiger partial charge in [-0.05, 0) is 43.2 Å². The summed E-state index contributed by atoms with van der Waals surface area (Å²) >= 11 is 6.20. The molecule has 0 radical (unpaired) electrons. The molecule has 0 amide bonds. The summed E-state index contributed by atoms with van der Waals surface area (Å²) in [6.45, 7) is 3.57. The number of methoxy groups -OCH3 is 2. The predicted octanol–water partition coefficient (Wildman–Crippen LogP) is 3.19. The van der Waals surface area contributed by atoms with Gasteiger partial charge >= 0.3 is 0 Å². The van der Waals surface area contributed by atoms with E-state index in [-0.39, 0.29) is 6.54 Å². The Labute approximate surface area is 171 Å². The summed E-state index contributed by atoms with van der Waals surface area (Å²) in [5.41, 5.74) is 1.71. The summed E-state index contributed by atoms with van der Waals surface area (Å²) in [6.07, 6.45) is -0.0415. The molecule has 0 fully saturated rings. The van der Waals surface area contributed by atoms with E-state index in [4.69, 9.17) is 21.1 Å². The van der Waals surface area contributed by atoms with Crippen LogP contribution in [0.5, 0.6) is 11.5 Å². The summed E-state index contributed by atoms with van der Waals surface area (Å²) in [6, 6.07) is 13.1. The lowest BCUT2D eigenvalue weighted by atomic mass is 10.1. The van der Waals surface area contributed by atoms with Crippen molar-refractivity contribution in [2.45, 2.75) is 19.4 Å². The molecule has 2 aromatic carbocycles. The number of nitrogens with zero attached hydrogens (tertiary/aromatic N) is 1. The summed E-state index contributed by atoms with van der Waals surface area (Å²) < 4.78 is 10.6. The Balaban J connectivity index is 2.00. The van der Waals surface area contributed by atoms with Crippen LogP contribution >= 0.6 is 11.6 Å². The van der Waals surface area contributed by atoms with Crippen LogP contribution in [0.1, 0.15) is 24.2 Å². The van der Waals surface area contributed by atoms with E-state index >= 15 is 0 Å². The number of benzene rings is 2. The van der Waals surface area contributed by atoms with Gasteiger partial charge in [0.1, 0.15) is 17.6 Å². The molecule has 7 heteroatoms. The van der Waals surface area contributed by atoms with Gasteiger partial charge in [0.15, 0.2) is 5.96 Å². The highest BCUT2D eigenvalue weighted by atomic mass is 35.5. The van der Waals surface area contributed by atoms with Crippen molar-refractivity contribution in [1.29, 1.82) is 0 Å². The van der Waals surface area contributed by atoms with Gasteiger partial charge in [-0.3, -0.25) is 4.99 Å². The molecule has 0 spiro atoms. The Kier molecular flexibility index (Phi) is 8.91. The summed E-state index contributed by atoms with van der Waals surface area (Å²) in [5, 5.41) is 17.8. The minimum atomic E-state index is -0.816. The van der Waals surface area contributed by atoms with Gasteiger partial charge in [0.05, 0.1) is 20.8 Å². The van der Waals surface area contributed by atoms with Crippen LogP contribution < -0.4 is 20.1 Å². The molecule has 0 saturated carbocycles. The van der Waals surface area contributed by atoms with Crippen LogP contribution in [0.15, 0.2) is 47.5 Å². The van der Waals surface area contributed by atoms with Crippen LogP contribution in [0, 0.1) is 0 Å². The molecule has 28 heavy (non-hydrogen) atoms. The van der Waals surface area contributed by atoms with Gasteiger partial charge in [-0.15, -0.1) is 0 Å². The Morgan fingerprint density at radius 1 is 1.14 bits per heavy atom. The molecule has 3 N–H and O–H groups in total. The standard InChI is InChI=1S/C21H28ClN3O3/c1-4-23-21(24-12-11-15-7-5-6-8-18(15)22)25-14-19(26)17-13-16(27-2)9-10-20(17)28-3/h5-10,13,19,26H,4,11-12,14H2,1-3H3,(H2,23,24,25). The maximum absolute atomic E-state index is 10.6. The smallest absolute Gasteiger partial charge is 0.191 e. The number of rotatable bonds is 9. The van der Waals surface area contributed by atoms with Crippen LogP contribution in [0.25, 0.3) is 0 Å². The minimum absolute atomic E-state index is 0.185. The molecule has 1 unspecified atom stereocenters. The van der Waals surface area contributed by atoms with Crippen molar-refractivity contribution in [1.82, 2.24) is 10.6 Å². The Bertz CT molecular complexity index is 783. The normalized spacial score (nSPS) is 12.4. The zero-order valence-electron chi connectivity index (χ0n) is 16.5. The van der Waals surface area contributed by atoms with Crippen LogP contribution in [0.2, 0.25) is 5.02 Å². The van der Waals surface area contributed by atoms with Crippen molar-refractivity contribution in [3.05, 3.63) is 58.6 Å². The average Bonchev–Trinajstić information content (AvgIpc) is 2.72. The molecule has 152 valence electrons.